The fourth-order valence-electron chi connectivity index (χ4n) is 3.36. The molecule has 0 spiro atoms. The summed E-state index contributed by atoms with van der Waals surface area (Å²) in [5.41, 5.74) is 0.726. The van der Waals surface area contributed by atoms with E-state index in [1.807, 2.05) is 0 Å². The van der Waals surface area contributed by atoms with E-state index in [1.54, 1.807) is 35.7 Å². The van der Waals surface area contributed by atoms with Crippen LogP contribution in [0.3, 0.4) is 0 Å². The first-order valence-corrected chi connectivity index (χ1v) is 10.6. The predicted octanol–water partition coefficient (Wildman–Crippen LogP) is 3.25. The van der Waals surface area contributed by atoms with Crippen molar-refractivity contribution in [2.24, 2.45) is 0 Å². The number of ketones is 1. The summed E-state index contributed by atoms with van der Waals surface area (Å²) >= 11 is 1.18. The normalized spacial score (nSPS) is 10.9. The molecule has 1 N–H and O–H groups in total. The van der Waals surface area contributed by atoms with Crippen LogP contribution in [0.25, 0.3) is 10.2 Å². The van der Waals surface area contributed by atoms with Crippen molar-refractivity contribution in [1.82, 2.24) is 9.13 Å². The van der Waals surface area contributed by atoms with Crippen molar-refractivity contribution in [1.29, 1.82) is 0 Å². The second-order valence-electron chi connectivity index (χ2n) is 7.21. The lowest BCUT2D eigenvalue weighted by molar-refractivity contribution is -0.116. The van der Waals surface area contributed by atoms with Crippen molar-refractivity contribution < 1.29 is 14.0 Å². The minimum absolute atomic E-state index is 0.0476. The summed E-state index contributed by atoms with van der Waals surface area (Å²) in [5, 5.41) is 4.36. The van der Waals surface area contributed by atoms with E-state index in [0.717, 1.165) is 4.57 Å². The number of amides is 1. The molecule has 1 amide bonds. The fourth-order valence-corrected chi connectivity index (χ4v) is 4.20. The van der Waals surface area contributed by atoms with Gasteiger partial charge in [0, 0.05) is 11.3 Å². The number of thiophene rings is 1. The Balaban J connectivity index is 1.68. The Morgan fingerprint density at radius 2 is 1.78 bits per heavy atom. The average Bonchev–Trinajstić information content (AvgIpc) is 3.26. The summed E-state index contributed by atoms with van der Waals surface area (Å²) in [4.78, 5) is 50.3. The molecular formula is C23H18FN3O4S. The quantitative estimate of drug-likeness (QED) is 0.456. The first-order chi connectivity index (χ1) is 15.3. The number of nitrogens with one attached hydrogen (secondary N) is 1. The van der Waals surface area contributed by atoms with Crippen LogP contribution in [0.2, 0.25) is 0 Å². The first kappa shape index (κ1) is 21.4. The van der Waals surface area contributed by atoms with E-state index < -0.39 is 23.0 Å². The van der Waals surface area contributed by atoms with Crippen LogP contribution in [0, 0.1) is 5.82 Å². The zero-order chi connectivity index (χ0) is 22.8. The molecule has 0 radical (unpaired) electrons. The predicted molar refractivity (Wildman–Crippen MR) is 121 cm³/mol. The fraction of sp³-hybridized carbons (Fsp3) is 0.130. The number of anilines is 1. The number of rotatable bonds is 6. The number of carbonyl (C=O) groups excluding carboxylic acids is 2. The molecule has 4 rings (SSSR count). The first-order valence-electron chi connectivity index (χ1n) is 9.69. The van der Waals surface area contributed by atoms with Crippen molar-refractivity contribution in [3.8, 4) is 0 Å². The third kappa shape index (κ3) is 4.28. The number of hydrogen-bond donors (Lipinski definition) is 1. The lowest BCUT2D eigenvalue weighted by Gasteiger charge is -2.13. The van der Waals surface area contributed by atoms with Crippen LogP contribution in [-0.2, 0) is 17.9 Å². The zero-order valence-electron chi connectivity index (χ0n) is 17.0. The van der Waals surface area contributed by atoms with E-state index in [4.69, 9.17) is 0 Å². The molecule has 0 atom stereocenters. The van der Waals surface area contributed by atoms with E-state index in [0.29, 0.717) is 27.0 Å². The lowest BCUT2D eigenvalue weighted by atomic mass is 10.1. The van der Waals surface area contributed by atoms with E-state index in [9.17, 15) is 23.6 Å². The summed E-state index contributed by atoms with van der Waals surface area (Å²) in [7, 11) is 0. The van der Waals surface area contributed by atoms with Gasteiger partial charge in [0.2, 0.25) is 5.91 Å². The summed E-state index contributed by atoms with van der Waals surface area (Å²) < 4.78 is 15.8. The van der Waals surface area contributed by atoms with Gasteiger partial charge >= 0.3 is 5.69 Å². The van der Waals surface area contributed by atoms with Crippen molar-refractivity contribution in [3.05, 3.63) is 97.8 Å². The van der Waals surface area contributed by atoms with Crippen LogP contribution in [0.4, 0.5) is 10.1 Å². The molecule has 0 fully saturated rings. The number of Topliss-reactive ketones (excluding diaryl/α,β-unsaturated/α-hetero) is 1. The standard InChI is InChI=1S/C23H18FN3O4S/c1-14(28)16-3-2-4-18(11-16)25-20(29)13-26-19-9-10-32-21(19)22(30)27(23(26)31)12-15-5-7-17(24)8-6-15/h2-11H,12-13H2,1H3,(H,25,29). The van der Waals surface area contributed by atoms with Gasteiger partial charge < -0.3 is 5.32 Å². The van der Waals surface area contributed by atoms with Gasteiger partial charge in [0.15, 0.2) is 5.78 Å². The second kappa shape index (κ2) is 8.72. The van der Waals surface area contributed by atoms with Crippen molar-refractivity contribution in [3.63, 3.8) is 0 Å². The number of hydrogen-bond acceptors (Lipinski definition) is 5. The summed E-state index contributed by atoms with van der Waals surface area (Å²) in [6.45, 7) is 1.06. The van der Waals surface area contributed by atoms with Crippen LogP contribution >= 0.6 is 11.3 Å². The Morgan fingerprint density at radius 3 is 2.50 bits per heavy atom. The molecule has 2 heterocycles. The molecular weight excluding hydrogens is 433 g/mol. The molecule has 2 aromatic heterocycles. The molecule has 32 heavy (non-hydrogen) atoms. The van der Waals surface area contributed by atoms with Crippen LogP contribution in [-0.4, -0.2) is 20.8 Å². The summed E-state index contributed by atoms with van der Waals surface area (Å²) in [6.07, 6.45) is 0. The van der Waals surface area contributed by atoms with Gasteiger partial charge in [-0.15, -0.1) is 11.3 Å². The molecule has 0 aliphatic rings. The Bertz CT molecular complexity index is 1450. The smallest absolute Gasteiger partial charge is 0.325 e. The Morgan fingerprint density at radius 1 is 1.03 bits per heavy atom. The van der Waals surface area contributed by atoms with Gasteiger partial charge in [-0.25, -0.2) is 9.18 Å². The largest absolute Gasteiger partial charge is 0.332 e. The Kier molecular flexibility index (Phi) is 5.83. The van der Waals surface area contributed by atoms with E-state index in [-0.39, 0.29) is 18.9 Å². The molecule has 2 aromatic carbocycles. The zero-order valence-corrected chi connectivity index (χ0v) is 17.8. The molecule has 0 saturated heterocycles. The molecule has 4 aromatic rings. The van der Waals surface area contributed by atoms with Gasteiger partial charge in [0.25, 0.3) is 5.56 Å². The average molecular weight is 451 g/mol. The maximum atomic E-state index is 13.2. The van der Waals surface area contributed by atoms with Crippen LogP contribution < -0.4 is 16.6 Å². The van der Waals surface area contributed by atoms with Gasteiger partial charge in [0.05, 0.1) is 12.1 Å². The molecule has 7 nitrogen and oxygen atoms in total. The van der Waals surface area contributed by atoms with Gasteiger partial charge in [-0.3, -0.25) is 23.5 Å². The molecule has 0 aliphatic carbocycles. The highest BCUT2D eigenvalue weighted by Gasteiger charge is 2.17. The molecule has 9 heteroatoms. The third-order valence-corrected chi connectivity index (χ3v) is 5.84. The molecule has 0 bridgehead atoms. The number of carbonyl (C=O) groups is 2. The minimum Gasteiger partial charge on any atom is -0.325 e. The number of halogens is 1. The van der Waals surface area contributed by atoms with Crippen LogP contribution in [0.5, 0.6) is 0 Å². The third-order valence-electron chi connectivity index (χ3n) is 4.94. The Hall–Kier alpha value is -3.85. The van der Waals surface area contributed by atoms with E-state index in [1.165, 1.54) is 47.1 Å². The van der Waals surface area contributed by atoms with Crippen LogP contribution in [0.1, 0.15) is 22.8 Å². The highest BCUT2D eigenvalue weighted by atomic mass is 32.1. The number of nitrogens with zero attached hydrogens (tertiary/aromatic N) is 2. The van der Waals surface area contributed by atoms with E-state index in [2.05, 4.69) is 5.32 Å². The Labute approximate surface area is 185 Å². The highest BCUT2D eigenvalue weighted by molar-refractivity contribution is 7.17. The number of fused-ring (bicyclic) bond motifs is 1. The molecule has 0 aliphatic heterocycles. The maximum absolute atomic E-state index is 13.2. The van der Waals surface area contributed by atoms with Crippen LogP contribution in [0.15, 0.2) is 69.6 Å². The van der Waals surface area contributed by atoms with Gasteiger partial charge in [-0.2, -0.15) is 0 Å². The SMILES string of the molecule is CC(=O)c1cccc(NC(=O)Cn2c(=O)n(Cc3ccc(F)cc3)c(=O)c3sccc32)c1. The van der Waals surface area contributed by atoms with Crippen molar-refractivity contribution in [2.75, 3.05) is 5.32 Å². The molecule has 0 saturated carbocycles. The maximum Gasteiger partial charge on any atom is 0.332 e. The monoisotopic (exact) mass is 451 g/mol. The molecule has 0 unspecified atom stereocenters. The van der Waals surface area contributed by atoms with E-state index >= 15 is 0 Å². The molecule has 162 valence electrons. The van der Waals surface area contributed by atoms with Gasteiger partial charge in [0.1, 0.15) is 17.1 Å². The second-order valence-corrected chi connectivity index (χ2v) is 8.12. The van der Waals surface area contributed by atoms with Gasteiger partial charge in [-0.05, 0) is 48.2 Å². The topological polar surface area (TPSA) is 90.2 Å². The minimum atomic E-state index is -0.641. The van der Waals surface area contributed by atoms with Crippen molar-refractivity contribution >= 4 is 38.9 Å². The highest BCUT2D eigenvalue weighted by Crippen LogP contribution is 2.16. The number of aromatic nitrogens is 2. The summed E-state index contributed by atoms with van der Waals surface area (Å²) in [6, 6.07) is 13.6. The van der Waals surface area contributed by atoms with Crippen molar-refractivity contribution in [2.45, 2.75) is 20.0 Å². The van der Waals surface area contributed by atoms with Gasteiger partial charge in [-0.1, -0.05) is 24.3 Å². The number of benzene rings is 2. The lowest BCUT2D eigenvalue weighted by Crippen LogP contribution is -2.41. The summed E-state index contributed by atoms with van der Waals surface area (Å²) in [5.74, 6) is -1.03.